The summed E-state index contributed by atoms with van der Waals surface area (Å²) in [7, 11) is 0. The van der Waals surface area contributed by atoms with Crippen molar-refractivity contribution in [2.45, 2.75) is 24.1 Å². The third-order valence-corrected chi connectivity index (χ3v) is 10.9. The molecule has 1 saturated heterocycles. The molecule has 0 N–H and O–H groups in total. The molecule has 0 bridgehead atoms. The van der Waals surface area contributed by atoms with Gasteiger partial charge < -0.3 is 19.0 Å². The van der Waals surface area contributed by atoms with Crippen molar-refractivity contribution in [1.29, 1.82) is 0 Å². The van der Waals surface area contributed by atoms with Gasteiger partial charge in [0.25, 0.3) is 5.24 Å². The summed E-state index contributed by atoms with van der Waals surface area (Å²) in [6, 6.07) is 51.0. The van der Waals surface area contributed by atoms with E-state index in [-0.39, 0.29) is 24.5 Å². The zero-order chi connectivity index (χ0) is 37.6. The lowest BCUT2D eigenvalue weighted by Crippen LogP contribution is -2.51. The van der Waals surface area contributed by atoms with Crippen LogP contribution in [-0.2, 0) is 21.6 Å². The molecule has 6 aromatic rings. The molecular formula is C46H38N2O6S. The fourth-order valence-corrected chi connectivity index (χ4v) is 8.18. The van der Waals surface area contributed by atoms with E-state index in [0.29, 0.717) is 18.8 Å². The average molecular weight is 747 g/mol. The normalized spacial score (nSPS) is 15.3. The van der Waals surface area contributed by atoms with E-state index in [1.807, 2.05) is 165 Å². The first-order chi connectivity index (χ1) is 27.0. The molecule has 0 radical (unpaired) electrons. The van der Waals surface area contributed by atoms with E-state index in [1.54, 1.807) is 0 Å². The number of amides is 2. The van der Waals surface area contributed by atoms with Crippen molar-refractivity contribution in [3.05, 3.63) is 186 Å². The molecule has 2 aliphatic rings. The van der Waals surface area contributed by atoms with Gasteiger partial charge in [-0.1, -0.05) is 150 Å². The standard InChI is InChI=1S/C46H38N2O6S/c1-32(34-19-21-35(22-20-34)36-23-26-41-42(30-36)53-31-52-41)47-54-28-27-51-40-24-17-33(18-25-40)29-43-44(49)48(45(50)55-43)46(37-11-5-2-6-12-37,38-13-7-3-8-14-38)39-15-9-4-10-16-39/h2-26,30,43H,27-29,31H2,1H3. The van der Waals surface area contributed by atoms with Crippen LogP contribution in [0.5, 0.6) is 17.2 Å². The van der Waals surface area contributed by atoms with Crippen molar-refractivity contribution in [2.24, 2.45) is 5.16 Å². The average Bonchev–Trinajstić information content (AvgIpc) is 3.82. The highest BCUT2D eigenvalue weighted by Crippen LogP contribution is 2.48. The smallest absolute Gasteiger partial charge is 0.290 e. The Bertz CT molecular complexity index is 2200. The van der Waals surface area contributed by atoms with Crippen LogP contribution in [0.3, 0.4) is 0 Å². The van der Waals surface area contributed by atoms with Crippen LogP contribution >= 0.6 is 11.8 Å². The fraction of sp³-hybridized carbons (Fsp3) is 0.152. The zero-order valence-corrected chi connectivity index (χ0v) is 31.0. The van der Waals surface area contributed by atoms with Crippen molar-refractivity contribution in [1.82, 2.24) is 4.90 Å². The van der Waals surface area contributed by atoms with Crippen molar-refractivity contribution in [3.63, 3.8) is 0 Å². The topological polar surface area (TPSA) is 86.7 Å². The number of imide groups is 1. The van der Waals surface area contributed by atoms with Gasteiger partial charge in [-0.3, -0.25) is 14.5 Å². The number of nitrogens with zero attached hydrogens (tertiary/aromatic N) is 2. The minimum Gasteiger partial charge on any atom is -0.490 e. The van der Waals surface area contributed by atoms with Crippen molar-refractivity contribution < 1.29 is 28.6 Å². The predicted octanol–water partition coefficient (Wildman–Crippen LogP) is 9.50. The van der Waals surface area contributed by atoms with Gasteiger partial charge in [-0.15, -0.1) is 0 Å². The fourth-order valence-electron chi connectivity index (χ4n) is 7.12. The zero-order valence-electron chi connectivity index (χ0n) is 30.2. The lowest BCUT2D eigenvalue weighted by molar-refractivity contribution is -0.129. The molecule has 9 heteroatoms. The van der Waals surface area contributed by atoms with Crippen LogP contribution in [0.1, 0.15) is 34.7 Å². The van der Waals surface area contributed by atoms with Crippen LogP contribution in [0, 0.1) is 0 Å². The second kappa shape index (κ2) is 16.0. The lowest BCUT2D eigenvalue weighted by Gasteiger charge is -2.42. The molecule has 8 nitrogen and oxygen atoms in total. The summed E-state index contributed by atoms with van der Waals surface area (Å²) < 4.78 is 16.8. The second-order valence-corrected chi connectivity index (χ2v) is 14.4. The van der Waals surface area contributed by atoms with Gasteiger partial charge in [0.05, 0.1) is 11.0 Å². The summed E-state index contributed by atoms with van der Waals surface area (Å²) in [5, 5.41) is 3.42. The second-order valence-electron chi connectivity index (χ2n) is 13.2. The minimum atomic E-state index is -1.14. The number of carbonyl (C=O) groups is 2. The predicted molar refractivity (Wildman–Crippen MR) is 215 cm³/mol. The van der Waals surface area contributed by atoms with Gasteiger partial charge in [-0.05, 0) is 76.6 Å². The van der Waals surface area contributed by atoms with Crippen molar-refractivity contribution >= 4 is 28.6 Å². The van der Waals surface area contributed by atoms with Crippen LogP contribution in [0.15, 0.2) is 163 Å². The summed E-state index contributed by atoms with van der Waals surface area (Å²) in [6.07, 6.45) is 0.398. The van der Waals surface area contributed by atoms with E-state index in [1.165, 1.54) is 4.90 Å². The Hall–Kier alpha value is -6.32. The molecule has 2 amide bonds. The van der Waals surface area contributed by atoms with E-state index in [2.05, 4.69) is 5.16 Å². The number of fused-ring (bicyclic) bond motifs is 1. The van der Waals surface area contributed by atoms with E-state index in [0.717, 1.165) is 67.9 Å². The summed E-state index contributed by atoms with van der Waals surface area (Å²) in [6.45, 7) is 2.73. The van der Waals surface area contributed by atoms with Crippen molar-refractivity contribution in [3.8, 4) is 28.4 Å². The maximum Gasteiger partial charge on any atom is 0.290 e. The number of ether oxygens (including phenoxy) is 3. The highest BCUT2D eigenvalue weighted by molar-refractivity contribution is 8.15. The summed E-state index contributed by atoms with van der Waals surface area (Å²) in [4.78, 5) is 35.5. The molecule has 8 rings (SSSR count). The molecule has 0 saturated carbocycles. The van der Waals surface area contributed by atoms with Gasteiger partial charge in [0.1, 0.15) is 17.9 Å². The van der Waals surface area contributed by atoms with Crippen molar-refractivity contribution in [2.75, 3.05) is 20.0 Å². The molecule has 55 heavy (non-hydrogen) atoms. The van der Waals surface area contributed by atoms with Gasteiger partial charge >= 0.3 is 0 Å². The first-order valence-electron chi connectivity index (χ1n) is 18.1. The number of rotatable bonds is 13. The third kappa shape index (κ3) is 7.31. The SMILES string of the molecule is CC(=NOCCOc1ccc(CC2SC(=O)N(C(c3ccccc3)(c3ccccc3)c3ccccc3)C2=O)cc1)c1ccc(-c2ccc3c(c2)OCO3)cc1. The summed E-state index contributed by atoms with van der Waals surface area (Å²) >= 11 is 1.08. The number of hydrogen-bond donors (Lipinski definition) is 0. The Morgan fingerprint density at radius 2 is 1.29 bits per heavy atom. The Balaban J connectivity index is 0.888. The van der Waals surface area contributed by atoms with E-state index in [4.69, 9.17) is 19.0 Å². The first-order valence-corrected chi connectivity index (χ1v) is 19.0. The monoisotopic (exact) mass is 746 g/mol. The maximum absolute atomic E-state index is 14.4. The van der Waals surface area contributed by atoms with Crippen LogP contribution in [-0.4, -0.2) is 47.0 Å². The number of thioether (sulfide) groups is 1. The Labute approximate surface area is 324 Å². The first kappa shape index (κ1) is 35.7. The highest BCUT2D eigenvalue weighted by atomic mass is 32.2. The van der Waals surface area contributed by atoms with Crippen LogP contribution < -0.4 is 14.2 Å². The third-order valence-electron chi connectivity index (χ3n) is 9.83. The molecule has 2 heterocycles. The Morgan fingerprint density at radius 1 is 0.709 bits per heavy atom. The lowest BCUT2D eigenvalue weighted by atomic mass is 9.75. The molecule has 1 atom stereocenters. The maximum atomic E-state index is 14.4. The summed E-state index contributed by atoms with van der Waals surface area (Å²) in [5.41, 5.74) is 6.14. The molecule has 1 fully saturated rings. The minimum absolute atomic E-state index is 0.222. The largest absolute Gasteiger partial charge is 0.490 e. The number of carbonyl (C=O) groups excluding carboxylic acids is 2. The number of oxime groups is 1. The van der Waals surface area contributed by atoms with Crippen LogP contribution in [0.4, 0.5) is 4.79 Å². The highest BCUT2D eigenvalue weighted by Gasteiger charge is 2.54. The molecule has 6 aromatic carbocycles. The molecule has 0 aliphatic carbocycles. The number of hydrogen-bond acceptors (Lipinski definition) is 8. The summed E-state index contributed by atoms with van der Waals surface area (Å²) in [5.74, 6) is 1.97. The van der Waals surface area contributed by atoms with E-state index < -0.39 is 10.8 Å². The number of benzene rings is 6. The van der Waals surface area contributed by atoms with Gasteiger partial charge in [0.15, 0.2) is 18.1 Å². The molecule has 0 aromatic heterocycles. The van der Waals surface area contributed by atoms with Gasteiger partial charge in [-0.25, -0.2) is 0 Å². The van der Waals surface area contributed by atoms with Gasteiger partial charge in [0, 0.05) is 0 Å². The quantitative estimate of drug-likeness (QED) is 0.0504. The van der Waals surface area contributed by atoms with E-state index >= 15 is 0 Å². The molecule has 1 unspecified atom stereocenters. The van der Waals surface area contributed by atoms with Gasteiger partial charge in [-0.2, -0.15) is 0 Å². The van der Waals surface area contributed by atoms with E-state index in [9.17, 15) is 9.59 Å². The Morgan fingerprint density at radius 3 is 1.91 bits per heavy atom. The molecule has 274 valence electrons. The molecule has 2 aliphatic heterocycles. The molecule has 0 spiro atoms. The van der Waals surface area contributed by atoms with Crippen LogP contribution in [0.2, 0.25) is 0 Å². The molecular weight excluding hydrogens is 709 g/mol. The van der Waals surface area contributed by atoms with Crippen LogP contribution in [0.25, 0.3) is 11.1 Å². The van der Waals surface area contributed by atoms with Gasteiger partial charge in [0.2, 0.25) is 12.7 Å². The Kier molecular flexibility index (Phi) is 10.4.